The second-order valence-electron chi connectivity index (χ2n) is 15.4. The molecule has 11 heteroatoms. The van der Waals surface area contributed by atoms with Crippen LogP contribution in [0, 0.1) is 5.92 Å². The predicted octanol–water partition coefficient (Wildman–Crippen LogP) is 7.34. The average molecular weight is 822 g/mol. The Morgan fingerprint density at radius 3 is 2.13 bits per heavy atom. The Bertz CT molecular complexity index is 2240. The molecule has 0 spiro atoms. The van der Waals surface area contributed by atoms with Gasteiger partial charge in [-0.15, -0.1) is 0 Å². The number of hydrogen-bond acceptors (Lipinski definition) is 8. The Morgan fingerprint density at radius 2 is 1.44 bits per heavy atom. The molecule has 1 aliphatic heterocycles. The van der Waals surface area contributed by atoms with Crippen LogP contribution in [0.15, 0.2) is 146 Å². The number of aliphatic hydroxyl groups excluding tert-OH is 1. The molecule has 3 amide bonds. The number of nitrogens with one attached hydrogen (secondary N) is 3. The average Bonchev–Trinajstić information content (AvgIpc) is 3.62. The third kappa shape index (κ3) is 11.5. The van der Waals surface area contributed by atoms with E-state index >= 15 is 0 Å². The van der Waals surface area contributed by atoms with Crippen LogP contribution in [-0.4, -0.2) is 60.9 Å². The normalized spacial score (nSPS) is 18.4. The molecule has 2 aliphatic rings. The Balaban J connectivity index is 0.966. The summed E-state index contributed by atoms with van der Waals surface area (Å²) in [7, 11) is 0. The fourth-order valence-electron chi connectivity index (χ4n) is 7.84. The minimum atomic E-state index is -1.01. The highest BCUT2D eigenvalue weighted by Gasteiger charge is 2.31. The summed E-state index contributed by atoms with van der Waals surface area (Å²) in [4.78, 5) is 54.1. The number of benzene rings is 5. The van der Waals surface area contributed by atoms with E-state index in [1.807, 2.05) is 133 Å². The number of cyclic esters (lactones) is 1. The Kier molecular flexibility index (Phi) is 14.6. The molecule has 4 N–H and O–H groups in total. The fourth-order valence-corrected chi connectivity index (χ4v) is 7.84. The van der Waals surface area contributed by atoms with Gasteiger partial charge in [0.1, 0.15) is 31.6 Å². The van der Waals surface area contributed by atoms with Gasteiger partial charge in [0, 0.05) is 12.3 Å². The largest absolute Gasteiger partial charge is 0.489 e. The highest BCUT2D eigenvalue weighted by molar-refractivity contribution is 5.86. The molecule has 61 heavy (non-hydrogen) atoms. The van der Waals surface area contributed by atoms with Gasteiger partial charge in [0.05, 0.1) is 24.6 Å². The van der Waals surface area contributed by atoms with Gasteiger partial charge >= 0.3 is 12.1 Å². The lowest BCUT2D eigenvalue weighted by molar-refractivity contribution is -0.147. The van der Waals surface area contributed by atoms with Crippen molar-refractivity contribution in [3.05, 3.63) is 173 Å². The summed E-state index contributed by atoms with van der Waals surface area (Å²) in [5, 5.41) is 18.8. The van der Waals surface area contributed by atoms with Gasteiger partial charge in [0.25, 0.3) is 0 Å². The van der Waals surface area contributed by atoms with Gasteiger partial charge in [-0.2, -0.15) is 0 Å². The zero-order valence-electron chi connectivity index (χ0n) is 33.9. The van der Waals surface area contributed by atoms with Crippen molar-refractivity contribution in [1.82, 2.24) is 16.0 Å². The predicted molar refractivity (Wildman–Crippen MR) is 231 cm³/mol. The Morgan fingerprint density at radius 1 is 0.787 bits per heavy atom. The molecule has 0 bridgehead atoms. The SMILES string of the molecule is O=C(C[C@H]1CC=CCC[C@H](NC(=O)OCC2c3ccccc3-c3ccccc32)C(=O)OC[C@@H](c2ccccc2)NC1=O)N[C@H](CO)Cc1ccc(OCc2ccccc2)cc1. The van der Waals surface area contributed by atoms with Gasteiger partial charge in [0.15, 0.2) is 0 Å². The van der Waals surface area contributed by atoms with Crippen molar-refractivity contribution < 1.29 is 38.5 Å². The number of hydrogen-bond donors (Lipinski definition) is 4. The second-order valence-corrected chi connectivity index (χ2v) is 15.4. The van der Waals surface area contributed by atoms with Crippen LogP contribution in [-0.2, 0) is 36.9 Å². The van der Waals surface area contributed by atoms with E-state index in [4.69, 9.17) is 14.2 Å². The third-order valence-electron chi connectivity index (χ3n) is 11.1. The summed E-state index contributed by atoms with van der Waals surface area (Å²) >= 11 is 0. The number of aliphatic hydroxyl groups is 1. The second kappa shape index (κ2) is 21.0. The Hall–Kier alpha value is -6.72. The zero-order valence-corrected chi connectivity index (χ0v) is 33.9. The minimum absolute atomic E-state index is 0.0930. The molecule has 1 aliphatic carbocycles. The number of alkyl carbamates (subject to hydrolysis) is 1. The number of carbonyl (C=O) groups excluding carboxylic acids is 4. The summed E-state index contributed by atoms with van der Waals surface area (Å²) in [5.41, 5.74) is 7.04. The highest BCUT2D eigenvalue weighted by atomic mass is 16.6. The molecule has 11 nitrogen and oxygen atoms in total. The first-order valence-corrected chi connectivity index (χ1v) is 20.8. The van der Waals surface area contributed by atoms with E-state index in [9.17, 15) is 24.3 Å². The van der Waals surface area contributed by atoms with E-state index in [1.165, 1.54) is 0 Å². The Labute approximate surface area is 356 Å². The fraction of sp³-hybridized carbons (Fsp3) is 0.280. The standard InChI is InChI=1S/C50H51N3O8/c54-30-38(28-34-24-26-39(27-25-34)59-31-35-14-4-1-5-15-35)51-47(55)29-37-18-8-3-9-23-45(49(57)60-33-46(52-48(37)56)36-16-6-2-7-17-36)53-50(58)61-32-44-42-21-12-10-19-40(42)41-20-11-13-22-43(41)44/h1-8,10-17,19-22,24-27,37-38,44-46,54H,9,18,23,28-33H2,(H,51,55)(H,52,56)(H,53,58)/t37-,38+,45+,46+/m1/s1. The van der Waals surface area contributed by atoms with Crippen LogP contribution in [0.1, 0.15) is 65.5 Å². The van der Waals surface area contributed by atoms with Crippen molar-refractivity contribution in [3.63, 3.8) is 0 Å². The van der Waals surface area contributed by atoms with Crippen LogP contribution < -0.4 is 20.7 Å². The number of fused-ring (bicyclic) bond motifs is 3. The van der Waals surface area contributed by atoms with Crippen molar-refractivity contribution in [2.75, 3.05) is 19.8 Å². The molecule has 0 saturated carbocycles. The molecular formula is C50H51N3O8. The number of esters is 1. The van der Waals surface area contributed by atoms with Crippen molar-refractivity contribution in [2.24, 2.45) is 5.92 Å². The first kappa shape index (κ1) is 42.4. The van der Waals surface area contributed by atoms with Gasteiger partial charge in [-0.05, 0) is 76.8 Å². The van der Waals surface area contributed by atoms with Crippen LogP contribution in [0.3, 0.4) is 0 Å². The van der Waals surface area contributed by atoms with Gasteiger partial charge < -0.3 is 35.3 Å². The summed E-state index contributed by atoms with van der Waals surface area (Å²) in [6.45, 7) is 0.0434. The maximum absolute atomic E-state index is 13.9. The van der Waals surface area contributed by atoms with Crippen LogP contribution in [0.5, 0.6) is 5.75 Å². The lowest BCUT2D eigenvalue weighted by atomic mass is 9.97. The summed E-state index contributed by atoms with van der Waals surface area (Å²) in [6.07, 6.45) is 4.00. The number of amides is 3. The van der Waals surface area contributed by atoms with Crippen LogP contribution >= 0.6 is 0 Å². The molecule has 314 valence electrons. The summed E-state index contributed by atoms with van der Waals surface area (Å²) in [5.74, 6) is -1.61. The summed E-state index contributed by atoms with van der Waals surface area (Å²) in [6, 6.07) is 40.3. The van der Waals surface area contributed by atoms with Crippen molar-refractivity contribution in [1.29, 1.82) is 0 Å². The highest BCUT2D eigenvalue weighted by Crippen LogP contribution is 2.44. The monoisotopic (exact) mass is 821 g/mol. The lowest BCUT2D eigenvalue weighted by Crippen LogP contribution is -2.44. The molecule has 7 rings (SSSR count). The van der Waals surface area contributed by atoms with E-state index in [0.29, 0.717) is 30.8 Å². The molecule has 0 fully saturated rings. The number of rotatable bonds is 13. The first-order valence-electron chi connectivity index (χ1n) is 20.8. The number of carbonyl (C=O) groups is 4. The van der Waals surface area contributed by atoms with Crippen LogP contribution in [0.2, 0.25) is 0 Å². The minimum Gasteiger partial charge on any atom is -0.489 e. The first-order chi connectivity index (χ1) is 29.8. The molecular weight excluding hydrogens is 771 g/mol. The molecule has 5 aromatic carbocycles. The summed E-state index contributed by atoms with van der Waals surface area (Å²) < 4.78 is 17.4. The van der Waals surface area contributed by atoms with E-state index in [2.05, 4.69) is 28.1 Å². The quantitative estimate of drug-likeness (QED) is 0.0712. The topological polar surface area (TPSA) is 152 Å². The number of allylic oxidation sites excluding steroid dienone is 2. The molecule has 0 radical (unpaired) electrons. The molecule has 0 saturated heterocycles. The van der Waals surface area contributed by atoms with Gasteiger partial charge in [-0.25, -0.2) is 9.59 Å². The van der Waals surface area contributed by atoms with Crippen LogP contribution in [0.25, 0.3) is 11.1 Å². The molecule has 0 unspecified atom stereocenters. The maximum atomic E-state index is 13.9. The van der Waals surface area contributed by atoms with E-state index in [1.54, 1.807) is 0 Å². The van der Waals surface area contributed by atoms with E-state index in [-0.39, 0.29) is 56.8 Å². The third-order valence-corrected chi connectivity index (χ3v) is 11.1. The van der Waals surface area contributed by atoms with Crippen molar-refractivity contribution >= 4 is 23.9 Å². The molecule has 4 atom stereocenters. The molecule has 5 aromatic rings. The van der Waals surface area contributed by atoms with Gasteiger partial charge in [-0.3, -0.25) is 9.59 Å². The van der Waals surface area contributed by atoms with Crippen LogP contribution in [0.4, 0.5) is 4.79 Å². The van der Waals surface area contributed by atoms with Gasteiger partial charge in [0.2, 0.25) is 11.8 Å². The maximum Gasteiger partial charge on any atom is 0.407 e. The van der Waals surface area contributed by atoms with E-state index < -0.39 is 36.1 Å². The molecule has 0 aromatic heterocycles. The molecule has 1 heterocycles. The van der Waals surface area contributed by atoms with Crippen molar-refractivity contribution in [2.45, 2.75) is 62.8 Å². The smallest absolute Gasteiger partial charge is 0.407 e. The lowest BCUT2D eigenvalue weighted by Gasteiger charge is -2.24. The van der Waals surface area contributed by atoms with Crippen molar-refractivity contribution in [3.8, 4) is 16.9 Å². The number of ether oxygens (including phenoxy) is 3. The van der Waals surface area contributed by atoms with Gasteiger partial charge in [-0.1, -0.05) is 133 Å². The van der Waals surface area contributed by atoms with E-state index in [0.717, 1.165) is 33.4 Å². The zero-order chi connectivity index (χ0) is 42.4.